The lowest BCUT2D eigenvalue weighted by atomic mass is 9.95. The SMILES string of the molecule is CC(C)(CO)CNC(=O)Oc1c[nH]c2ncc(-c3cccs3)nc12. The minimum Gasteiger partial charge on any atom is -0.406 e. The molecule has 3 aromatic heterocycles. The molecule has 0 radical (unpaired) electrons. The summed E-state index contributed by atoms with van der Waals surface area (Å²) in [6, 6.07) is 3.90. The van der Waals surface area contributed by atoms with Gasteiger partial charge < -0.3 is 20.1 Å². The van der Waals surface area contributed by atoms with Gasteiger partial charge in [0.2, 0.25) is 0 Å². The Morgan fingerprint density at radius 1 is 1.50 bits per heavy atom. The van der Waals surface area contributed by atoms with Crippen molar-refractivity contribution in [2.45, 2.75) is 13.8 Å². The highest BCUT2D eigenvalue weighted by molar-refractivity contribution is 7.13. The van der Waals surface area contributed by atoms with Crippen LogP contribution in [0.4, 0.5) is 4.79 Å². The lowest BCUT2D eigenvalue weighted by Gasteiger charge is -2.21. The third kappa shape index (κ3) is 3.55. The molecule has 3 heterocycles. The van der Waals surface area contributed by atoms with E-state index in [9.17, 15) is 9.90 Å². The number of aliphatic hydroxyl groups is 1. The highest BCUT2D eigenvalue weighted by Crippen LogP contribution is 2.27. The van der Waals surface area contributed by atoms with Gasteiger partial charge in [-0.3, -0.25) is 0 Å². The molecule has 0 saturated heterocycles. The van der Waals surface area contributed by atoms with E-state index in [1.807, 2.05) is 31.4 Å². The van der Waals surface area contributed by atoms with E-state index in [-0.39, 0.29) is 6.61 Å². The van der Waals surface area contributed by atoms with Gasteiger partial charge in [0.1, 0.15) is 0 Å². The molecule has 0 spiro atoms. The summed E-state index contributed by atoms with van der Waals surface area (Å²) in [7, 11) is 0. The molecule has 3 N–H and O–H groups in total. The van der Waals surface area contributed by atoms with Crippen LogP contribution in [0.25, 0.3) is 21.7 Å². The number of thiophene rings is 1. The van der Waals surface area contributed by atoms with Gasteiger partial charge in [0.15, 0.2) is 16.9 Å². The first kappa shape index (κ1) is 16.4. The molecule has 1 amide bonds. The van der Waals surface area contributed by atoms with Gasteiger partial charge in [0, 0.05) is 24.8 Å². The molecular weight excluding hydrogens is 328 g/mol. The molecule has 0 saturated carbocycles. The number of nitrogens with one attached hydrogen (secondary N) is 2. The Morgan fingerprint density at radius 2 is 2.33 bits per heavy atom. The summed E-state index contributed by atoms with van der Waals surface area (Å²) in [4.78, 5) is 24.7. The molecule has 7 nitrogen and oxygen atoms in total. The Morgan fingerprint density at radius 3 is 3.04 bits per heavy atom. The average molecular weight is 346 g/mol. The van der Waals surface area contributed by atoms with Crippen molar-refractivity contribution in [3.05, 3.63) is 29.9 Å². The monoisotopic (exact) mass is 346 g/mol. The minimum absolute atomic E-state index is 0.0317. The number of aliphatic hydroxyl groups excluding tert-OH is 1. The van der Waals surface area contributed by atoms with E-state index in [0.29, 0.717) is 23.5 Å². The zero-order valence-electron chi connectivity index (χ0n) is 13.4. The molecule has 0 aliphatic heterocycles. The van der Waals surface area contributed by atoms with E-state index in [0.717, 1.165) is 10.6 Å². The van der Waals surface area contributed by atoms with E-state index >= 15 is 0 Å². The number of ether oxygens (including phenoxy) is 1. The first-order valence-corrected chi connectivity index (χ1v) is 8.31. The number of H-pyrrole nitrogens is 1. The van der Waals surface area contributed by atoms with E-state index in [2.05, 4.69) is 20.3 Å². The first-order valence-electron chi connectivity index (χ1n) is 7.43. The zero-order chi connectivity index (χ0) is 17.2. The van der Waals surface area contributed by atoms with Gasteiger partial charge in [-0.25, -0.2) is 14.8 Å². The van der Waals surface area contributed by atoms with Crippen LogP contribution in [0.15, 0.2) is 29.9 Å². The molecule has 0 aromatic carbocycles. The van der Waals surface area contributed by atoms with Gasteiger partial charge in [0.25, 0.3) is 0 Å². The van der Waals surface area contributed by atoms with Crippen molar-refractivity contribution in [1.29, 1.82) is 0 Å². The second kappa shape index (κ2) is 6.58. The first-order chi connectivity index (χ1) is 11.5. The van der Waals surface area contributed by atoms with Crippen LogP contribution in [0, 0.1) is 5.41 Å². The van der Waals surface area contributed by atoms with Crippen LogP contribution >= 0.6 is 11.3 Å². The third-order valence-electron chi connectivity index (χ3n) is 3.46. The minimum atomic E-state index is -0.597. The highest BCUT2D eigenvalue weighted by Gasteiger charge is 2.19. The number of carbonyl (C=O) groups is 1. The molecular formula is C16H18N4O3S. The van der Waals surface area contributed by atoms with Gasteiger partial charge in [-0.1, -0.05) is 19.9 Å². The Balaban J connectivity index is 1.77. The predicted octanol–water partition coefficient (Wildman–Crippen LogP) is 2.79. The number of rotatable bonds is 5. The van der Waals surface area contributed by atoms with Gasteiger partial charge in [-0.2, -0.15) is 0 Å². The van der Waals surface area contributed by atoms with Crippen molar-refractivity contribution in [3.8, 4) is 16.3 Å². The largest absolute Gasteiger partial charge is 0.412 e. The molecule has 0 bridgehead atoms. The number of aromatic nitrogens is 3. The Hall–Kier alpha value is -2.45. The van der Waals surface area contributed by atoms with Crippen molar-refractivity contribution < 1.29 is 14.6 Å². The number of hydrogen-bond donors (Lipinski definition) is 3. The molecule has 0 unspecified atom stereocenters. The van der Waals surface area contributed by atoms with Crippen LogP contribution in [0.1, 0.15) is 13.8 Å². The third-order valence-corrected chi connectivity index (χ3v) is 4.35. The van der Waals surface area contributed by atoms with E-state index < -0.39 is 11.5 Å². The fourth-order valence-electron chi connectivity index (χ4n) is 1.99. The van der Waals surface area contributed by atoms with Gasteiger partial charge in [-0.15, -0.1) is 11.3 Å². The summed E-state index contributed by atoms with van der Waals surface area (Å²) >= 11 is 1.56. The summed E-state index contributed by atoms with van der Waals surface area (Å²) in [5.74, 6) is 0.315. The van der Waals surface area contributed by atoms with Crippen LogP contribution in [0.2, 0.25) is 0 Å². The lowest BCUT2D eigenvalue weighted by molar-refractivity contribution is 0.150. The molecule has 0 atom stereocenters. The number of hydrogen-bond acceptors (Lipinski definition) is 6. The maximum Gasteiger partial charge on any atom is 0.412 e. The summed E-state index contributed by atoms with van der Waals surface area (Å²) in [6.07, 6.45) is 2.64. The average Bonchev–Trinajstić information content (AvgIpc) is 3.23. The number of fused-ring (bicyclic) bond motifs is 1. The number of carbonyl (C=O) groups excluding carboxylic acids is 1. The van der Waals surface area contributed by atoms with Crippen LogP contribution in [-0.2, 0) is 0 Å². The maximum absolute atomic E-state index is 12.0. The van der Waals surface area contributed by atoms with Gasteiger partial charge in [0.05, 0.1) is 16.8 Å². The topological polar surface area (TPSA) is 100 Å². The smallest absolute Gasteiger partial charge is 0.406 e. The van der Waals surface area contributed by atoms with Crippen LogP contribution in [0.5, 0.6) is 5.75 Å². The summed E-state index contributed by atoms with van der Waals surface area (Å²) < 4.78 is 5.32. The molecule has 8 heteroatoms. The number of aromatic amines is 1. The van der Waals surface area contributed by atoms with Crippen LogP contribution in [0.3, 0.4) is 0 Å². The molecule has 3 rings (SSSR count). The summed E-state index contributed by atoms with van der Waals surface area (Å²) in [6.45, 7) is 3.96. The van der Waals surface area contributed by atoms with E-state index in [1.165, 1.54) is 0 Å². The fourth-order valence-corrected chi connectivity index (χ4v) is 2.67. The summed E-state index contributed by atoms with van der Waals surface area (Å²) in [5.41, 5.74) is 1.36. The molecule has 0 fully saturated rings. The summed E-state index contributed by atoms with van der Waals surface area (Å²) in [5, 5.41) is 13.8. The molecule has 24 heavy (non-hydrogen) atoms. The van der Waals surface area contributed by atoms with Crippen LogP contribution < -0.4 is 10.1 Å². The lowest BCUT2D eigenvalue weighted by Crippen LogP contribution is -2.37. The quantitative estimate of drug-likeness (QED) is 0.659. The van der Waals surface area contributed by atoms with Crippen molar-refractivity contribution in [2.75, 3.05) is 13.2 Å². The number of nitrogens with zero attached hydrogens (tertiary/aromatic N) is 2. The fraction of sp³-hybridized carbons (Fsp3) is 0.312. The second-order valence-electron chi connectivity index (χ2n) is 6.15. The van der Waals surface area contributed by atoms with Gasteiger partial charge in [-0.05, 0) is 11.4 Å². The molecule has 0 aliphatic carbocycles. The predicted molar refractivity (Wildman–Crippen MR) is 92.1 cm³/mol. The van der Waals surface area contributed by atoms with Crippen molar-refractivity contribution >= 4 is 28.6 Å². The van der Waals surface area contributed by atoms with Crippen LogP contribution in [-0.4, -0.2) is 39.3 Å². The number of amides is 1. The zero-order valence-corrected chi connectivity index (χ0v) is 14.2. The van der Waals surface area contributed by atoms with Crippen molar-refractivity contribution in [1.82, 2.24) is 20.3 Å². The van der Waals surface area contributed by atoms with E-state index in [1.54, 1.807) is 23.7 Å². The Kier molecular flexibility index (Phi) is 4.50. The Bertz CT molecular complexity index is 842. The standard InChI is InChI=1S/C16H18N4O3S/c1-16(2,9-21)8-19-15(22)23-11-7-18-14-13(11)20-10(6-17-14)12-4-3-5-24-12/h3-7,21H,8-9H2,1-2H3,(H,17,18)(H,19,22). The van der Waals surface area contributed by atoms with E-state index in [4.69, 9.17) is 4.74 Å². The normalized spacial score (nSPS) is 11.6. The van der Waals surface area contributed by atoms with Gasteiger partial charge >= 0.3 is 6.09 Å². The maximum atomic E-state index is 12.0. The second-order valence-corrected chi connectivity index (χ2v) is 7.10. The van der Waals surface area contributed by atoms with Crippen molar-refractivity contribution in [2.24, 2.45) is 5.41 Å². The Labute approximate surface area is 142 Å². The molecule has 126 valence electrons. The van der Waals surface area contributed by atoms with Crippen molar-refractivity contribution in [3.63, 3.8) is 0 Å². The molecule has 0 aliphatic rings. The molecule has 3 aromatic rings. The highest BCUT2D eigenvalue weighted by atomic mass is 32.1.